The fourth-order valence-corrected chi connectivity index (χ4v) is 2.59. The molecule has 0 aromatic heterocycles. The SMILES string of the molecule is CN=C(NCCCOC1CCOCC1)NCc1ccc(C(F)(F)F)cc1.I. The standard InChI is InChI=1S/C18H26F3N3O2.HI/c1-22-17(23-9-2-10-26-16-7-11-25-12-8-16)24-13-14-3-5-15(6-4-14)18(19,20)21;/h3-6,16H,2,7-13H2,1H3,(H2,22,23,24);1H. The minimum Gasteiger partial charge on any atom is -0.381 e. The number of hydrogen-bond acceptors (Lipinski definition) is 3. The van der Waals surface area contributed by atoms with Crippen LogP contribution in [-0.2, 0) is 22.2 Å². The van der Waals surface area contributed by atoms with Crippen LogP contribution in [0.25, 0.3) is 0 Å². The summed E-state index contributed by atoms with van der Waals surface area (Å²) in [6.07, 6.45) is -1.27. The molecular weight excluding hydrogens is 474 g/mol. The number of guanidine groups is 1. The second kappa shape index (κ2) is 12.4. The Bertz CT molecular complexity index is 562. The van der Waals surface area contributed by atoms with Crippen molar-refractivity contribution >= 4 is 29.9 Å². The van der Waals surface area contributed by atoms with E-state index in [1.54, 1.807) is 7.05 Å². The van der Waals surface area contributed by atoms with Gasteiger partial charge in [0.25, 0.3) is 0 Å². The third kappa shape index (κ3) is 9.11. The van der Waals surface area contributed by atoms with Gasteiger partial charge in [0.05, 0.1) is 11.7 Å². The lowest BCUT2D eigenvalue weighted by atomic mass is 10.1. The van der Waals surface area contributed by atoms with Crippen LogP contribution in [0.2, 0.25) is 0 Å². The summed E-state index contributed by atoms with van der Waals surface area (Å²) in [5.74, 6) is 0.607. The molecule has 0 bridgehead atoms. The van der Waals surface area contributed by atoms with Gasteiger partial charge in [0.1, 0.15) is 0 Å². The predicted molar refractivity (Wildman–Crippen MR) is 109 cm³/mol. The Morgan fingerprint density at radius 2 is 1.85 bits per heavy atom. The monoisotopic (exact) mass is 501 g/mol. The summed E-state index contributed by atoms with van der Waals surface area (Å²) >= 11 is 0. The van der Waals surface area contributed by atoms with Gasteiger partial charge in [0.2, 0.25) is 0 Å². The van der Waals surface area contributed by atoms with Gasteiger partial charge in [-0.1, -0.05) is 12.1 Å². The molecule has 154 valence electrons. The van der Waals surface area contributed by atoms with Crippen LogP contribution >= 0.6 is 24.0 Å². The molecule has 1 heterocycles. The number of benzene rings is 1. The predicted octanol–water partition coefficient (Wildman–Crippen LogP) is 3.57. The number of nitrogens with one attached hydrogen (secondary N) is 2. The fourth-order valence-electron chi connectivity index (χ4n) is 2.59. The molecule has 0 spiro atoms. The molecule has 1 saturated heterocycles. The zero-order valence-corrected chi connectivity index (χ0v) is 17.7. The summed E-state index contributed by atoms with van der Waals surface area (Å²) in [5.41, 5.74) is 0.108. The maximum atomic E-state index is 12.5. The zero-order chi connectivity index (χ0) is 18.8. The van der Waals surface area contributed by atoms with Crippen LogP contribution in [0, 0.1) is 0 Å². The van der Waals surface area contributed by atoms with Crippen molar-refractivity contribution in [2.45, 2.75) is 38.1 Å². The molecule has 1 aliphatic heterocycles. The van der Waals surface area contributed by atoms with Crippen molar-refractivity contribution in [2.24, 2.45) is 4.99 Å². The Labute approximate surface area is 175 Å². The molecule has 1 fully saturated rings. The number of ether oxygens (including phenoxy) is 2. The summed E-state index contributed by atoms with van der Waals surface area (Å²) in [6.45, 7) is 3.31. The molecule has 1 aromatic rings. The molecule has 0 radical (unpaired) electrons. The molecule has 9 heteroatoms. The maximum Gasteiger partial charge on any atom is 0.416 e. The topological polar surface area (TPSA) is 54.9 Å². The van der Waals surface area contributed by atoms with Gasteiger partial charge in [-0.3, -0.25) is 4.99 Å². The van der Waals surface area contributed by atoms with Gasteiger partial charge in [-0.25, -0.2) is 0 Å². The Morgan fingerprint density at radius 3 is 2.44 bits per heavy atom. The average Bonchev–Trinajstić information content (AvgIpc) is 2.64. The van der Waals surface area contributed by atoms with Crippen molar-refractivity contribution in [2.75, 3.05) is 33.4 Å². The van der Waals surface area contributed by atoms with Gasteiger partial charge >= 0.3 is 6.18 Å². The molecule has 2 rings (SSSR count). The highest BCUT2D eigenvalue weighted by Crippen LogP contribution is 2.29. The van der Waals surface area contributed by atoms with E-state index in [0.717, 1.165) is 50.2 Å². The Morgan fingerprint density at radius 1 is 1.19 bits per heavy atom. The number of aliphatic imine (C=N–C) groups is 1. The molecule has 0 atom stereocenters. The molecule has 5 nitrogen and oxygen atoms in total. The van der Waals surface area contributed by atoms with Gasteiger partial charge in [-0.05, 0) is 37.0 Å². The second-order valence-corrected chi connectivity index (χ2v) is 6.08. The summed E-state index contributed by atoms with van der Waals surface area (Å²) in [6, 6.07) is 5.09. The molecule has 0 amide bonds. The van der Waals surface area contributed by atoms with Gasteiger partial charge in [-0.15, -0.1) is 24.0 Å². The van der Waals surface area contributed by atoms with Crippen LogP contribution in [0.15, 0.2) is 29.3 Å². The quantitative estimate of drug-likeness (QED) is 0.260. The molecule has 0 aliphatic carbocycles. The highest BCUT2D eigenvalue weighted by atomic mass is 127. The second-order valence-electron chi connectivity index (χ2n) is 6.08. The number of alkyl halides is 3. The Kier molecular flexibility index (Phi) is 11.0. The van der Waals surface area contributed by atoms with E-state index in [1.807, 2.05) is 0 Å². The van der Waals surface area contributed by atoms with E-state index >= 15 is 0 Å². The van der Waals surface area contributed by atoms with E-state index in [4.69, 9.17) is 9.47 Å². The van der Waals surface area contributed by atoms with Gasteiger partial charge < -0.3 is 20.1 Å². The van der Waals surface area contributed by atoms with Gasteiger partial charge in [-0.2, -0.15) is 13.2 Å². The summed E-state index contributed by atoms with van der Waals surface area (Å²) in [4.78, 5) is 4.10. The minimum absolute atomic E-state index is 0. The molecule has 1 aliphatic rings. The first-order chi connectivity index (χ1) is 12.5. The maximum absolute atomic E-state index is 12.5. The summed E-state index contributed by atoms with van der Waals surface area (Å²) < 4.78 is 48.7. The summed E-state index contributed by atoms with van der Waals surface area (Å²) in [5, 5.41) is 6.25. The van der Waals surface area contributed by atoms with Crippen molar-refractivity contribution in [1.82, 2.24) is 10.6 Å². The first-order valence-corrected chi connectivity index (χ1v) is 8.79. The number of hydrogen-bond donors (Lipinski definition) is 2. The van der Waals surface area contributed by atoms with E-state index in [9.17, 15) is 13.2 Å². The lowest BCUT2D eigenvalue weighted by Crippen LogP contribution is -2.37. The van der Waals surface area contributed by atoms with Crippen LogP contribution < -0.4 is 10.6 Å². The lowest BCUT2D eigenvalue weighted by Gasteiger charge is -2.22. The van der Waals surface area contributed by atoms with Crippen LogP contribution in [0.5, 0.6) is 0 Å². The van der Waals surface area contributed by atoms with Crippen molar-refractivity contribution in [3.63, 3.8) is 0 Å². The molecular formula is C18H27F3IN3O2. The first-order valence-electron chi connectivity index (χ1n) is 8.79. The largest absolute Gasteiger partial charge is 0.416 e. The van der Waals surface area contributed by atoms with Crippen molar-refractivity contribution in [1.29, 1.82) is 0 Å². The van der Waals surface area contributed by atoms with Gasteiger partial charge in [0, 0.05) is 40.0 Å². The molecule has 0 unspecified atom stereocenters. The normalized spacial score (nSPS) is 15.9. The molecule has 1 aromatic carbocycles. The van der Waals surface area contributed by atoms with Crippen molar-refractivity contribution in [3.8, 4) is 0 Å². The smallest absolute Gasteiger partial charge is 0.381 e. The number of rotatable bonds is 7. The average molecular weight is 501 g/mol. The highest BCUT2D eigenvalue weighted by molar-refractivity contribution is 14.0. The highest BCUT2D eigenvalue weighted by Gasteiger charge is 2.29. The van der Waals surface area contributed by atoms with E-state index in [2.05, 4.69) is 15.6 Å². The van der Waals surface area contributed by atoms with Crippen molar-refractivity contribution in [3.05, 3.63) is 35.4 Å². The third-order valence-corrected chi connectivity index (χ3v) is 4.10. The van der Waals surface area contributed by atoms with E-state index in [1.165, 1.54) is 12.1 Å². The Hall–Kier alpha value is -1.07. The van der Waals surface area contributed by atoms with Crippen LogP contribution in [-0.4, -0.2) is 45.5 Å². The van der Waals surface area contributed by atoms with E-state index in [0.29, 0.717) is 31.8 Å². The van der Waals surface area contributed by atoms with Crippen LogP contribution in [0.3, 0.4) is 0 Å². The van der Waals surface area contributed by atoms with Gasteiger partial charge in [0.15, 0.2) is 5.96 Å². The summed E-state index contributed by atoms with van der Waals surface area (Å²) in [7, 11) is 1.65. The lowest BCUT2D eigenvalue weighted by molar-refractivity contribution is -0.137. The molecule has 2 N–H and O–H groups in total. The molecule has 0 saturated carbocycles. The third-order valence-electron chi connectivity index (χ3n) is 4.10. The zero-order valence-electron chi connectivity index (χ0n) is 15.3. The minimum atomic E-state index is -4.31. The Balaban J connectivity index is 0.00000364. The number of nitrogens with zero attached hydrogens (tertiary/aromatic N) is 1. The van der Waals surface area contributed by atoms with E-state index in [-0.39, 0.29) is 24.0 Å². The fraction of sp³-hybridized carbons (Fsp3) is 0.611. The number of halogens is 4. The van der Waals surface area contributed by atoms with Crippen LogP contribution in [0.1, 0.15) is 30.4 Å². The molecule has 27 heavy (non-hydrogen) atoms. The van der Waals surface area contributed by atoms with Crippen LogP contribution in [0.4, 0.5) is 13.2 Å². The first kappa shape index (κ1) is 24.0. The van der Waals surface area contributed by atoms with E-state index < -0.39 is 11.7 Å². The van der Waals surface area contributed by atoms with Crippen molar-refractivity contribution < 1.29 is 22.6 Å².